The van der Waals surface area contributed by atoms with Gasteiger partial charge in [-0.2, -0.15) is 13.2 Å². The Bertz CT molecular complexity index is 597. The fourth-order valence-electron chi connectivity index (χ4n) is 1.70. The molecule has 0 bridgehead atoms. The zero-order chi connectivity index (χ0) is 14.0. The Morgan fingerprint density at radius 1 is 1.21 bits per heavy atom. The monoisotopic (exact) mass is 269 g/mol. The number of rotatable bonds is 2. The van der Waals surface area contributed by atoms with Crippen LogP contribution in [0.3, 0.4) is 0 Å². The summed E-state index contributed by atoms with van der Waals surface area (Å²) in [7, 11) is 1.17. The summed E-state index contributed by atoms with van der Waals surface area (Å²) >= 11 is 0. The van der Waals surface area contributed by atoms with E-state index in [4.69, 9.17) is 4.74 Å². The maximum absolute atomic E-state index is 12.9. The van der Waals surface area contributed by atoms with E-state index in [9.17, 15) is 18.3 Å². The molecule has 1 aromatic carbocycles. The van der Waals surface area contributed by atoms with E-state index in [0.717, 1.165) is 6.07 Å². The fourth-order valence-corrected chi connectivity index (χ4v) is 1.70. The van der Waals surface area contributed by atoms with Gasteiger partial charge < -0.3 is 9.84 Å². The van der Waals surface area contributed by atoms with E-state index in [0.29, 0.717) is 0 Å². The van der Waals surface area contributed by atoms with Crippen LogP contribution in [0, 0.1) is 0 Å². The van der Waals surface area contributed by atoms with Gasteiger partial charge in [0.2, 0.25) is 0 Å². The molecule has 3 nitrogen and oxygen atoms in total. The number of hydrogen-bond donors (Lipinski definition) is 1. The molecule has 0 aliphatic rings. The largest absolute Gasteiger partial charge is 0.506 e. The van der Waals surface area contributed by atoms with E-state index < -0.39 is 11.7 Å². The molecule has 100 valence electrons. The molecule has 2 rings (SSSR count). The molecule has 0 unspecified atom stereocenters. The number of aromatic nitrogens is 1. The van der Waals surface area contributed by atoms with Crippen LogP contribution in [0.5, 0.6) is 11.5 Å². The first-order chi connectivity index (χ1) is 8.93. The normalized spacial score (nSPS) is 11.4. The number of benzene rings is 1. The number of nitrogens with zero attached hydrogens (tertiary/aromatic N) is 1. The van der Waals surface area contributed by atoms with Gasteiger partial charge in [0.1, 0.15) is 17.2 Å². The summed E-state index contributed by atoms with van der Waals surface area (Å²) in [5.74, 6) is -0.451. The van der Waals surface area contributed by atoms with Gasteiger partial charge in [0.25, 0.3) is 0 Å². The average molecular weight is 269 g/mol. The van der Waals surface area contributed by atoms with Gasteiger partial charge in [-0.25, -0.2) is 0 Å². The number of hydrogen-bond acceptors (Lipinski definition) is 3. The van der Waals surface area contributed by atoms with E-state index >= 15 is 0 Å². The molecule has 0 spiro atoms. The zero-order valence-corrected chi connectivity index (χ0v) is 9.90. The Hall–Kier alpha value is -2.24. The van der Waals surface area contributed by atoms with Gasteiger partial charge >= 0.3 is 6.18 Å². The third-order valence-corrected chi connectivity index (χ3v) is 2.56. The number of aromatic hydroxyl groups is 1. The minimum Gasteiger partial charge on any atom is -0.506 e. The molecule has 1 heterocycles. The highest BCUT2D eigenvalue weighted by molar-refractivity contribution is 5.67. The van der Waals surface area contributed by atoms with E-state index in [1.54, 1.807) is 0 Å². The first kappa shape index (κ1) is 13.2. The summed E-state index contributed by atoms with van der Waals surface area (Å²) in [4.78, 5) is 3.87. The van der Waals surface area contributed by atoms with Crippen LogP contribution in [0.2, 0.25) is 0 Å². The Labute approximate surface area is 107 Å². The molecule has 2 aromatic rings. The van der Waals surface area contributed by atoms with Crippen molar-refractivity contribution in [3.63, 3.8) is 0 Å². The van der Waals surface area contributed by atoms with E-state index in [1.807, 2.05) is 0 Å². The van der Waals surface area contributed by atoms with Crippen LogP contribution < -0.4 is 4.74 Å². The van der Waals surface area contributed by atoms with Gasteiger partial charge in [0.15, 0.2) is 0 Å². The van der Waals surface area contributed by atoms with Gasteiger partial charge in [0.05, 0.1) is 12.7 Å². The van der Waals surface area contributed by atoms with Crippen molar-refractivity contribution in [1.29, 1.82) is 0 Å². The summed E-state index contributed by atoms with van der Waals surface area (Å²) < 4.78 is 43.3. The smallest absolute Gasteiger partial charge is 0.419 e. The molecule has 0 saturated carbocycles. The molecule has 0 aliphatic carbocycles. The second-order valence-corrected chi connectivity index (χ2v) is 3.78. The van der Waals surface area contributed by atoms with Gasteiger partial charge in [-0.1, -0.05) is 0 Å². The van der Waals surface area contributed by atoms with Crippen LogP contribution in [0.25, 0.3) is 11.3 Å². The number of methoxy groups -OCH3 is 1. The van der Waals surface area contributed by atoms with Gasteiger partial charge in [-0.15, -0.1) is 0 Å². The van der Waals surface area contributed by atoms with Crippen molar-refractivity contribution >= 4 is 0 Å². The van der Waals surface area contributed by atoms with Crippen molar-refractivity contribution in [2.75, 3.05) is 7.11 Å². The Kier molecular flexibility index (Phi) is 3.33. The maximum Gasteiger partial charge on any atom is 0.419 e. The Balaban J connectivity index is 2.59. The second-order valence-electron chi connectivity index (χ2n) is 3.78. The van der Waals surface area contributed by atoms with Crippen LogP contribution >= 0.6 is 0 Å². The molecular weight excluding hydrogens is 259 g/mol. The van der Waals surface area contributed by atoms with Crippen molar-refractivity contribution < 1.29 is 23.0 Å². The lowest BCUT2D eigenvalue weighted by atomic mass is 10.1. The molecular formula is C13H10F3NO2. The highest BCUT2D eigenvalue weighted by Gasteiger charge is 2.34. The highest BCUT2D eigenvalue weighted by Crippen LogP contribution is 2.39. The molecule has 1 aromatic heterocycles. The topological polar surface area (TPSA) is 42.4 Å². The third kappa shape index (κ3) is 2.62. The summed E-state index contributed by atoms with van der Waals surface area (Å²) in [6.45, 7) is 0. The molecule has 0 aliphatic heterocycles. The molecule has 0 amide bonds. The van der Waals surface area contributed by atoms with Crippen molar-refractivity contribution in [1.82, 2.24) is 4.98 Å². The quantitative estimate of drug-likeness (QED) is 0.907. The lowest BCUT2D eigenvalue weighted by molar-refractivity contribution is -0.138. The van der Waals surface area contributed by atoms with E-state index in [2.05, 4.69) is 4.98 Å². The number of ether oxygens (including phenoxy) is 1. The lowest BCUT2D eigenvalue weighted by Crippen LogP contribution is -2.07. The van der Waals surface area contributed by atoms with Gasteiger partial charge in [0, 0.05) is 11.8 Å². The fraction of sp³-hybridized carbons (Fsp3) is 0.154. The first-order valence-corrected chi connectivity index (χ1v) is 5.33. The van der Waals surface area contributed by atoms with Crippen LogP contribution in [0.4, 0.5) is 13.2 Å². The minimum atomic E-state index is -4.54. The van der Waals surface area contributed by atoms with Gasteiger partial charge in [-0.05, 0) is 30.3 Å². The molecule has 6 heteroatoms. The van der Waals surface area contributed by atoms with Crippen molar-refractivity contribution in [2.45, 2.75) is 6.18 Å². The molecule has 0 radical (unpaired) electrons. The van der Waals surface area contributed by atoms with Crippen LogP contribution in [0.1, 0.15) is 5.56 Å². The standard InChI is InChI=1S/C13H10F3NO2/c1-19-11-5-4-8(7-9(11)13(14,15)16)12-10(18)3-2-6-17-12/h2-7,18H,1H3. The van der Waals surface area contributed by atoms with Crippen LogP contribution in [-0.2, 0) is 6.18 Å². The third-order valence-electron chi connectivity index (χ3n) is 2.56. The Morgan fingerprint density at radius 2 is 1.95 bits per heavy atom. The van der Waals surface area contributed by atoms with E-state index in [-0.39, 0.29) is 22.8 Å². The second kappa shape index (κ2) is 4.79. The number of pyridine rings is 1. The van der Waals surface area contributed by atoms with Crippen LogP contribution in [0.15, 0.2) is 36.5 Å². The van der Waals surface area contributed by atoms with Gasteiger partial charge in [-0.3, -0.25) is 4.98 Å². The van der Waals surface area contributed by atoms with E-state index in [1.165, 1.54) is 37.6 Å². The van der Waals surface area contributed by atoms with Crippen LogP contribution in [-0.4, -0.2) is 17.2 Å². The maximum atomic E-state index is 12.9. The highest BCUT2D eigenvalue weighted by atomic mass is 19.4. The molecule has 1 N–H and O–H groups in total. The summed E-state index contributed by atoms with van der Waals surface area (Å²) in [5.41, 5.74) is -0.639. The Morgan fingerprint density at radius 3 is 2.53 bits per heavy atom. The molecule has 0 atom stereocenters. The first-order valence-electron chi connectivity index (χ1n) is 5.33. The average Bonchev–Trinajstić information content (AvgIpc) is 2.37. The SMILES string of the molecule is COc1ccc(-c2ncccc2O)cc1C(F)(F)F. The number of halogens is 3. The predicted molar refractivity (Wildman–Crippen MR) is 62.9 cm³/mol. The van der Waals surface area contributed by atoms with Crippen molar-refractivity contribution in [3.05, 3.63) is 42.1 Å². The van der Waals surface area contributed by atoms with Crippen molar-refractivity contribution in [2.24, 2.45) is 0 Å². The molecule has 19 heavy (non-hydrogen) atoms. The molecule has 0 saturated heterocycles. The minimum absolute atomic E-state index is 0.0932. The summed E-state index contributed by atoms with van der Waals surface area (Å²) in [6, 6.07) is 6.37. The number of alkyl halides is 3. The van der Waals surface area contributed by atoms with Crippen molar-refractivity contribution in [3.8, 4) is 22.8 Å². The zero-order valence-electron chi connectivity index (χ0n) is 9.90. The lowest BCUT2D eigenvalue weighted by Gasteiger charge is -2.13. The summed E-state index contributed by atoms with van der Waals surface area (Å²) in [6.07, 6.45) is -3.14. The summed E-state index contributed by atoms with van der Waals surface area (Å²) in [5, 5.41) is 9.61. The molecule has 0 fully saturated rings. The predicted octanol–water partition coefficient (Wildman–Crippen LogP) is 3.48.